The van der Waals surface area contributed by atoms with E-state index in [1.54, 1.807) is 0 Å². The molecule has 2 nitrogen and oxygen atoms in total. The van der Waals surface area contributed by atoms with E-state index < -0.39 is 0 Å². The molecular formula is C57H56N2. The van der Waals surface area contributed by atoms with Crippen molar-refractivity contribution in [2.45, 2.75) is 57.3 Å². The van der Waals surface area contributed by atoms with Gasteiger partial charge in [0.15, 0.2) is 0 Å². The minimum absolute atomic E-state index is 0. The average Bonchev–Trinajstić information content (AvgIpc) is 4.21. The number of rotatable bonds is 2. The topological polar surface area (TPSA) is 61.0 Å². The average molecular weight is 769 g/mol. The molecule has 0 amide bonds. The first-order chi connectivity index (χ1) is 28.7. The van der Waals surface area contributed by atoms with Gasteiger partial charge in [-0.15, -0.1) is 0 Å². The largest absolute Gasteiger partial charge is 0.398 e. The second-order valence-corrected chi connectivity index (χ2v) is 15.6. The first kappa shape index (κ1) is 40.7. The van der Waals surface area contributed by atoms with Crippen molar-refractivity contribution in [2.75, 3.05) is 5.73 Å². The number of nitrogen functional groups attached to an aromatic ring is 1. The van der Waals surface area contributed by atoms with Crippen LogP contribution in [-0.2, 0) is 5.41 Å². The Hall–Kier alpha value is -6.48. The molecule has 0 radical (unpaired) electrons. The smallest absolute Gasteiger partial charge is 0.0726 e. The highest BCUT2D eigenvalue weighted by Crippen LogP contribution is 2.64. The molecule has 0 aliphatic heterocycles. The second-order valence-electron chi connectivity index (χ2n) is 15.6. The zero-order chi connectivity index (χ0) is 39.6. The van der Waals surface area contributed by atoms with Crippen molar-refractivity contribution >= 4 is 11.3 Å². The van der Waals surface area contributed by atoms with Crippen LogP contribution in [0, 0.1) is 6.92 Å². The predicted molar refractivity (Wildman–Crippen MR) is 254 cm³/mol. The van der Waals surface area contributed by atoms with E-state index in [9.17, 15) is 0 Å². The summed E-state index contributed by atoms with van der Waals surface area (Å²) >= 11 is 0. The number of aryl methyl sites for hydroxylation is 1. The van der Waals surface area contributed by atoms with Gasteiger partial charge in [-0.3, -0.25) is 0 Å². The summed E-state index contributed by atoms with van der Waals surface area (Å²) in [6.07, 6.45) is 19.1. The normalized spacial score (nSPS) is 16.2. The molecule has 7 aromatic rings. The number of hydrogen-bond donors (Lipinski definition) is 2. The maximum Gasteiger partial charge on any atom is 0.0726 e. The quantitative estimate of drug-likeness (QED) is 0.172. The van der Waals surface area contributed by atoms with Crippen molar-refractivity contribution in [1.29, 1.82) is 0 Å². The van der Waals surface area contributed by atoms with Crippen LogP contribution in [0.15, 0.2) is 212 Å². The highest BCUT2D eigenvalue weighted by molar-refractivity contribution is 6.02. The van der Waals surface area contributed by atoms with Gasteiger partial charge in [-0.25, -0.2) is 0 Å². The van der Waals surface area contributed by atoms with Crippen molar-refractivity contribution in [3.8, 4) is 33.4 Å². The molecular weight excluding hydrogens is 713 g/mol. The lowest BCUT2D eigenvalue weighted by Gasteiger charge is -2.30. The Labute approximate surface area is 352 Å². The molecule has 5 aliphatic rings. The summed E-state index contributed by atoms with van der Waals surface area (Å²) in [6.45, 7) is 2.11. The van der Waals surface area contributed by atoms with Crippen molar-refractivity contribution in [1.82, 2.24) is 6.15 Å². The number of allylic oxidation sites excluding steroid dienone is 6. The van der Waals surface area contributed by atoms with Crippen LogP contribution in [0.3, 0.4) is 0 Å². The molecule has 0 saturated heterocycles. The predicted octanol–water partition coefficient (Wildman–Crippen LogP) is 15.4. The summed E-state index contributed by atoms with van der Waals surface area (Å²) < 4.78 is 0. The van der Waals surface area contributed by atoms with Crippen molar-refractivity contribution in [3.63, 3.8) is 0 Å². The minimum Gasteiger partial charge on any atom is -0.398 e. The summed E-state index contributed by atoms with van der Waals surface area (Å²) in [6, 6.07) is 63.8. The van der Waals surface area contributed by atoms with Gasteiger partial charge >= 0.3 is 0 Å². The fourth-order valence-corrected chi connectivity index (χ4v) is 7.98. The molecule has 294 valence electrons. The lowest BCUT2D eigenvalue weighted by Crippen LogP contribution is -2.26. The Bertz CT molecular complexity index is 2480. The van der Waals surface area contributed by atoms with Crippen LogP contribution in [0.5, 0.6) is 0 Å². The Kier molecular flexibility index (Phi) is 13.3. The van der Waals surface area contributed by atoms with Gasteiger partial charge in [-0.05, 0) is 80.6 Å². The third kappa shape index (κ3) is 9.15. The SMILES string of the molecule is C1CC1.C1CC1.Cc1ccc(-c2ccccc2)cc1.N.Nc1cccc2c1-c1ccccc1C21C2=CC=CCC=C2c2ccccc21.c1ccc(-c2ccccc2)cc1. The molecule has 59 heavy (non-hydrogen) atoms. The van der Waals surface area contributed by atoms with Gasteiger partial charge in [-0.2, -0.15) is 0 Å². The highest BCUT2D eigenvalue weighted by atomic mass is 14.6. The Morgan fingerprint density at radius 1 is 0.441 bits per heavy atom. The minimum atomic E-state index is -0.279. The standard InChI is InChI=1S/C26H19N.C13H12.C12H10.2C3H6.H3N/c27-24-16-8-15-23-25(24)19-11-5-7-14-22(19)26(23)20-12-3-1-2-9-17(20)18-10-4-6-13-21(18)26;1-11-7-9-13(10-8-11)12-5-3-2-4-6-12;1-3-7-11(8-4-1)12-9-5-2-6-10-12;2*1-2-3-1;/h1,3-16H,2,27H2;2-10H,1H3;1-10H;2*1-3H2;1H3. The van der Waals surface area contributed by atoms with Gasteiger partial charge in [0, 0.05) is 11.3 Å². The van der Waals surface area contributed by atoms with Crippen molar-refractivity contribution < 1.29 is 0 Å². The van der Waals surface area contributed by atoms with Crippen molar-refractivity contribution in [2.24, 2.45) is 0 Å². The maximum absolute atomic E-state index is 6.51. The van der Waals surface area contributed by atoms with E-state index in [4.69, 9.17) is 5.73 Å². The summed E-state index contributed by atoms with van der Waals surface area (Å²) in [5, 5.41) is 0. The van der Waals surface area contributed by atoms with E-state index in [1.165, 1.54) is 111 Å². The number of hydrogen-bond acceptors (Lipinski definition) is 2. The molecule has 5 aliphatic carbocycles. The molecule has 7 aromatic carbocycles. The van der Waals surface area contributed by atoms with E-state index >= 15 is 0 Å². The number of nitrogens with two attached hydrogens (primary N) is 1. The van der Waals surface area contributed by atoms with Crippen LogP contribution < -0.4 is 11.9 Å². The molecule has 2 saturated carbocycles. The highest BCUT2D eigenvalue weighted by Gasteiger charge is 2.53. The van der Waals surface area contributed by atoms with Crippen LogP contribution in [0.25, 0.3) is 39.0 Å². The first-order valence-corrected chi connectivity index (χ1v) is 21.1. The summed E-state index contributed by atoms with van der Waals surface area (Å²) in [5.74, 6) is 0. The molecule has 5 N–H and O–H groups in total. The van der Waals surface area contributed by atoms with Gasteiger partial charge in [0.05, 0.1) is 5.41 Å². The van der Waals surface area contributed by atoms with E-state index in [-0.39, 0.29) is 11.6 Å². The van der Waals surface area contributed by atoms with Gasteiger partial charge < -0.3 is 11.9 Å². The number of fused-ring (bicyclic) bond motifs is 10. The van der Waals surface area contributed by atoms with Gasteiger partial charge in [0.2, 0.25) is 0 Å². The Morgan fingerprint density at radius 2 is 0.881 bits per heavy atom. The van der Waals surface area contributed by atoms with Gasteiger partial charge in [0.1, 0.15) is 0 Å². The van der Waals surface area contributed by atoms with Crippen molar-refractivity contribution in [3.05, 3.63) is 240 Å². The second kappa shape index (κ2) is 19.3. The number of anilines is 1. The molecule has 0 heterocycles. The lowest BCUT2D eigenvalue weighted by atomic mass is 9.70. The summed E-state index contributed by atoms with van der Waals surface area (Å²) in [5.41, 5.74) is 24.1. The molecule has 1 spiro atoms. The van der Waals surface area contributed by atoms with Crippen LogP contribution in [0.2, 0.25) is 0 Å². The lowest BCUT2D eigenvalue weighted by molar-refractivity contribution is 0.795. The molecule has 1 unspecified atom stereocenters. The molecule has 2 heteroatoms. The fraction of sp³-hybridized carbons (Fsp3) is 0.158. The molecule has 1 atom stereocenters. The molecule has 12 rings (SSSR count). The van der Waals surface area contributed by atoms with Crippen LogP contribution in [-0.4, -0.2) is 0 Å². The van der Waals surface area contributed by atoms with Crippen LogP contribution >= 0.6 is 0 Å². The third-order valence-electron chi connectivity index (χ3n) is 11.0. The summed E-state index contributed by atoms with van der Waals surface area (Å²) in [4.78, 5) is 0. The Morgan fingerprint density at radius 3 is 1.41 bits per heavy atom. The van der Waals surface area contributed by atoms with E-state index in [1.807, 2.05) is 24.3 Å². The van der Waals surface area contributed by atoms with E-state index in [0.717, 1.165) is 12.1 Å². The zero-order valence-electron chi connectivity index (χ0n) is 34.4. The molecule has 2 fully saturated rings. The monoisotopic (exact) mass is 768 g/mol. The summed E-state index contributed by atoms with van der Waals surface area (Å²) in [7, 11) is 0. The zero-order valence-corrected chi connectivity index (χ0v) is 34.4. The first-order valence-electron chi connectivity index (χ1n) is 21.1. The molecule has 0 bridgehead atoms. The number of benzene rings is 7. The van der Waals surface area contributed by atoms with Gasteiger partial charge in [-0.1, -0.05) is 244 Å². The van der Waals surface area contributed by atoms with E-state index in [2.05, 4.69) is 189 Å². The third-order valence-corrected chi connectivity index (χ3v) is 11.0. The van der Waals surface area contributed by atoms with Gasteiger partial charge in [0.25, 0.3) is 0 Å². The Balaban J connectivity index is 0.000000137. The van der Waals surface area contributed by atoms with Crippen LogP contribution in [0.4, 0.5) is 5.69 Å². The van der Waals surface area contributed by atoms with E-state index in [0.29, 0.717) is 0 Å². The maximum atomic E-state index is 6.51. The fourth-order valence-electron chi connectivity index (χ4n) is 7.98. The molecule has 0 aromatic heterocycles. The van der Waals surface area contributed by atoms with Crippen LogP contribution in [0.1, 0.15) is 72.8 Å².